The third-order valence-corrected chi connectivity index (χ3v) is 4.34. The highest BCUT2D eigenvalue weighted by molar-refractivity contribution is 7.90. The normalized spacial score (nSPS) is 17.9. The lowest BCUT2D eigenvalue weighted by atomic mass is 10.1. The third-order valence-electron chi connectivity index (χ3n) is 3.21. The molecule has 124 valence electrons. The Kier molecular flexibility index (Phi) is 4.69. The van der Waals surface area contributed by atoms with E-state index in [1.54, 1.807) is 13.8 Å². The van der Waals surface area contributed by atoms with Crippen LogP contribution in [0, 0.1) is 5.92 Å². The van der Waals surface area contributed by atoms with Crippen molar-refractivity contribution < 1.29 is 22.7 Å². The molecular weight excluding hydrogens is 322 g/mol. The predicted molar refractivity (Wildman–Crippen MR) is 83.8 cm³/mol. The van der Waals surface area contributed by atoms with E-state index in [2.05, 4.69) is 10.4 Å². The van der Waals surface area contributed by atoms with Crippen LogP contribution >= 0.6 is 0 Å². The first kappa shape index (κ1) is 16.9. The van der Waals surface area contributed by atoms with Crippen LogP contribution in [-0.4, -0.2) is 39.1 Å². The molecule has 0 fully saturated rings. The van der Waals surface area contributed by atoms with E-state index in [-0.39, 0.29) is 23.2 Å². The lowest BCUT2D eigenvalue weighted by molar-refractivity contribution is -0.119. The predicted octanol–water partition coefficient (Wildman–Crippen LogP) is 1.13. The fourth-order valence-corrected chi connectivity index (χ4v) is 2.60. The number of nitrogens with one attached hydrogen (secondary N) is 1. The van der Waals surface area contributed by atoms with Crippen molar-refractivity contribution in [3.63, 3.8) is 0 Å². The molecule has 2 rings (SSSR count). The Morgan fingerprint density at radius 2 is 1.96 bits per heavy atom. The summed E-state index contributed by atoms with van der Waals surface area (Å²) in [4.78, 5) is 23.8. The Balaban J connectivity index is 2.24. The minimum atomic E-state index is -3.31. The van der Waals surface area contributed by atoms with Crippen LogP contribution in [0.4, 0.5) is 10.5 Å². The Morgan fingerprint density at radius 1 is 1.35 bits per heavy atom. The lowest BCUT2D eigenvalue weighted by Crippen LogP contribution is -2.35. The van der Waals surface area contributed by atoms with Gasteiger partial charge in [0, 0.05) is 6.26 Å². The number of alkyl carbamates (subject to hydrolysis) is 1. The van der Waals surface area contributed by atoms with Crippen LogP contribution in [0.5, 0.6) is 0 Å². The largest absolute Gasteiger partial charge is 0.450 e. The molecule has 0 aliphatic carbocycles. The van der Waals surface area contributed by atoms with Crippen molar-refractivity contribution in [3.05, 3.63) is 24.3 Å². The number of carbonyl (C=O) groups is 2. The first-order valence-electron chi connectivity index (χ1n) is 6.90. The molecule has 0 aromatic heterocycles. The van der Waals surface area contributed by atoms with Gasteiger partial charge in [0.15, 0.2) is 9.84 Å². The van der Waals surface area contributed by atoms with Crippen LogP contribution in [0.3, 0.4) is 0 Å². The first-order valence-corrected chi connectivity index (χ1v) is 8.79. The summed E-state index contributed by atoms with van der Waals surface area (Å²) in [6.45, 7) is 3.48. The average molecular weight is 339 g/mol. The standard InChI is InChI=1S/C14H17N3O5S/c1-4-22-14(19)15-12-9(2)13(18)17(16-12)10-5-7-11(8-6-10)23(3,20)21/h5-9H,4H2,1-3H3,(H,15,16,19). The van der Waals surface area contributed by atoms with Gasteiger partial charge in [-0.2, -0.15) is 10.1 Å². The van der Waals surface area contributed by atoms with Gasteiger partial charge in [-0.05, 0) is 38.1 Å². The van der Waals surface area contributed by atoms with Gasteiger partial charge in [-0.1, -0.05) is 0 Å². The maximum absolute atomic E-state index is 12.2. The van der Waals surface area contributed by atoms with Crippen LogP contribution in [0.2, 0.25) is 0 Å². The number of hydrogen-bond donors (Lipinski definition) is 1. The zero-order chi connectivity index (χ0) is 17.2. The monoisotopic (exact) mass is 339 g/mol. The molecule has 9 heteroatoms. The van der Waals surface area contributed by atoms with Crippen molar-refractivity contribution in [2.45, 2.75) is 18.7 Å². The molecule has 1 unspecified atom stereocenters. The summed E-state index contributed by atoms with van der Waals surface area (Å²) in [5.74, 6) is -0.779. The SMILES string of the molecule is CCOC(=O)NC1=NN(c2ccc(S(C)(=O)=O)cc2)C(=O)C1C. The Hall–Kier alpha value is -2.42. The Labute approximate surface area is 134 Å². The fraction of sp³-hybridized carbons (Fsp3) is 0.357. The van der Waals surface area contributed by atoms with Crippen molar-refractivity contribution in [1.29, 1.82) is 0 Å². The molecule has 0 spiro atoms. The van der Waals surface area contributed by atoms with Gasteiger partial charge in [0.05, 0.1) is 23.1 Å². The van der Waals surface area contributed by atoms with Crippen molar-refractivity contribution >= 4 is 33.4 Å². The molecule has 1 heterocycles. The second-order valence-corrected chi connectivity index (χ2v) is 6.98. The number of carbonyl (C=O) groups excluding carboxylic acids is 2. The van der Waals surface area contributed by atoms with Gasteiger partial charge in [0.2, 0.25) is 0 Å². The number of hydrazone groups is 1. The molecule has 1 aliphatic rings. The molecular formula is C14H17N3O5S. The number of ether oxygens (including phenoxy) is 1. The van der Waals surface area contributed by atoms with E-state index in [4.69, 9.17) is 4.74 Å². The van der Waals surface area contributed by atoms with Crippen molar-refractivity contribution in [2.24, 2.45) is 11.0 Å². The molecule has 0 radical (unpaired) electrons. The number of anilines is 1. The van der Waals surface area contributed by atoms with Gasteiger partial charge < -0.3 is 4.74 Å². The van der Waals surface area contributed by atoms with Gasteiger partial charge >= 0.3 is 6.09 Å². The number of rotatable bonds is 3. The van der Waals surface area contributed by atoms with E-state index in [1.165, 1.54) is 24.3 Å². The summed E-state index contributed by atoms with van der Waals surface area (Å²) < 4.78 is 27.6. The van der Waals surface area contributed by atoms with E-state index in [0.717, 1.165) is 11.3 Å². The first-order chi connectivity index (χ1) is 10.7. The number of sulfone groups is 1. The van der Waals surface area contributed by atoms with E-state index in [0.29, 0.717) is 5.69 Å². The zero-order valence-electron chi connectivity index (χ0n) is 12.9. The van der Waals surface area contributed by atoms with Gasteiger partial charge in [0.1, 0.15) is 5.84 Å². The van der Waals surface area contributed by atoms with Crippen LogP contribution < -0.4 is 10.3 Å². The highest BCUT2D eigenvalue weighted by atomic mass is 32.2. The summed E-state index contributed by atoms with van der Waals surface area (Å²) in [5.41, 5.74) is 0.412. The minimum Gasteiger partial charge on any atom is -0.450 e. The summed E-state index contributed by atoms with van der Waals surface area (Å²) in [6, 6.07) is 5.76. The minimum absolute atomic E-state index is 0.148. The van der Waals surface area contributed by atoms with E-state index in [9.17, 15) is 18.0 Å². The second kappa shape index (κ2) is 6.37. The van der Waals surface area contributed by atoms with Gasteiger partial charge in [-0.3, -0.25) is 10.1 Å². The number of hydrogen-bond acceptors (Lipinski definition) is 6. The number of benzene rings is 1. The van der Waals surface area contributed by atoms with E-state index in [1.807, 2.05) is 0 Å². The van der Waals surface area contributed by atoms with Crippen LogP contribution in [0.1, 0.15) is 13.8 Å². The molecule has 2 amide bonds. The molecule has 8 nitrogen and oxygen atoms in total. The third kappa shape index (κ3) is 3.67. The van der Waals surface area contributed by atoms with Crippen molar-refractivity contribution in [3.8, 4) is 0 Å². The Bertz CT molecular complexity index is 755. The number of amidine groups is 1. The van der Waals surface area contributed by atoms with Crippen LogP contribution in [-0.2, 0) is 19.4 Å². The quantitative estimate of drug-likeness (QED) is 0.889. The molecule has 1 aromatic carbocycles. The highest BCUT2D eigenvalue weighted by Gasteiger charge is 2.34. The molecule has 23 heavy (non-hydrogen) atoms. The topological polar surface area (TPSA) is 105 Å². The van der Waals surface area contributed by atoms with Crippen LogP contribution in [0.25, 0.3) is 0 Å². The van der Waals surface area contributed by atoms with Crippen molar-refractivity contribution in [1.82, 2.24) is 5.32 Å². The molecule has 0 saturated heterocycles. The maximum atomic E-state index is 12.2. The molecule has 1 N–H and O–H groups in total. The lowest BCUT2D eigenvalue weighted by Gasteiger charge is -2.12. The fourth-order valence-electron chi connectivity index (χ4n) is 1.97. The van der Waals surface area contributed by atoms with Gasteiger partial charge in [-0.25, -0.2) is 13.2 Å². The molecule has 0 bridgehead atoms. The maximum Gasteiger partial charge on any atom is 0.412 e. The van der Waals surface area contributed by atoms with Crippen molar-refractivity contribution in [2.75, 3.05) is 17.9 Å². The average Bonchev–Trinajstić information content (AvgIpc) is 2.75. The summed E-state index contributed by atoms with van der Waals surface area (Å²) in [5, 5.41) is 7.62. The number of amides is 2. The summed E-state index contributed by atoms with van der Waals surface area (Å²) >= 11 is 0. The zero-order valence-corrected chi connectivity index (χ0v) is 13.8. The molecule has 1 aromatic rings. The summed E-state index contributed by atoms with van der Waals surface area (Å²) in [6.07, 6.45) is 0.421. The summed E-state index contributed by atoms with van der Waals surface area (Å²) in [7, 11) is -3.31. The number of nitrogens with zero attached hydrogens (tertiary/aromatic N) is 2. The molecule has 1 aliphatic heterocycles. The van der Waals surface area contributed by atoms with Crippen LogP contribution in [0.15, 0.2) is 34.3 Å². The smallest absolute Gasteiger partial charge is 0.412 e. The highest BCUT2D eigenvalue weighted by Crippen LogP contribution is 2.24. The second-order valence-electron chi connectivity index (χ2n) is 4.97. The Morgan fingerprint density at radius 3 is 2.48 bits per heavy atom. The molecule has 0 saturated carbocycles. The van der Waals surface area contributed by atoms with Gasteiger partial charge in [0.25, 0.3) is 5.91 Å². The molecule has 1 atom stereocenters. The van der Waals surface area contributed by atoms with E-state index >= 15 is 0 Å². The van der Waals surface area contributed by atoms with Gasteiger partial charge in [-0.15, -0.1) is 0 Å². The van der Waals surface area contributed by atoms with E-state index < -0.39 is 21.8 Å².